The first kappa shape index (κ1) is 11.6. The third-order valence-electron chi connectivity index (χ3n) is 3.47. The molecule has 0 aromatic heterocycles. The highest BCUT2D eigenvalue weighted by Crippen LogP contribution is 2.42. The molecule has 1 N–H and O–H groups in total. The summed E-state index contributed by atoms with van der Waals surface area (Å²) in [6.07, 6.45) is 7.85. The largest absolute Gasteiger partial charge is 0.381 e. The van der Waals surface area contributed by atoms with E-state index in [2.05, 4.69) is 32.0 Å². The molecule has 2 nitrogen and oxygen atoms in total. The molecule has 0 amide bonds. The summed E-state index contributed by atoms with van der Waals surface area (Å²) in [5.41, 5.74) is 0.207. The van der Waals surface area contributed by atoms with Crippen LogP contribution in [0.25, 0.3) is 0 Å². The van der Waals surface area contributed by atoms with Crippen molar-refractivity contribution in [3.05, 3.63) is 0 Å². The molecule has 80 valence electrons. The van der Waals surface area contributed by atoms with Crippen molar-refractivity contribution in [3.8, 4) is 12.3 Å². The zero-order valence-corrected chi connectivity index (χ0v) is 9.63. The molecule has 1 aliphatic rings. The molecule has 0 spiro atoms. The highest BCUT2D eigenvalue weighted by atomic mass is 16.5. The molecule has 1 aliphatic carbocycles. The predicted octanol–water partition coefficient (Wildman–Crippen LogP) is 1.80. The monoisotopic (exact) mass is 195 g/mol. The molecule has 14 heavy (non-hydrogen) atoms. The summed E-state index contributed by atoms with van der Waals surface area (Å²) in [5.74, 6) is 2.77. The lowest BCUT2D eigenvalue weighted by Gasteiger charge is -2.52. The minimum Gasteiger partial charge on any atom is -0.381 e. The van der Waals surface area contributed by atoms with E-state index in [1.807, 2.05) is 0 Å². The molecule has 0 heterocycles. The van der Waals surface area contributed by atoms with Crippen LogP contribution < -0.4 is 5.32 Å². The van der Waals surface area contributed by atoms with Gasteiger partial charge in [-0.25, -0.2) is 0 Å². The van der Waals surface area contributed by atoms with E-state index in [4.69, 9.17) is 11.2 Å². The van der Waals surface area contributed by atoms with Crippen LogP contribution in [0.1, 0.15) is 33.6 Å². The predicted molar refractivity (Wildman–Crippen MR) is 59.0 cm³/mol. The maximum atomic E-state index is 5.42. The second kappa shape index (κ2) is 4.33. The number of ether oxygens (including phenoxy) is 1. The summed E-state index contributed by atoms with van der Waals surface area (Å²) < 4.78 is 5.39. The van der Waals surface area contributed by atoms with Crippen molar-refractivity contribution in [2.45, 2.75) is 51.8 Å². The topological polar surface area (TPSA) is 21.3 Å². The second-order valence-corrected chi connectivity index (χ2v) is 4.63. The van der Waals surface area contributed by atoms with Gasteiger partial charge in [0.1, 0.15) is 0 Å². The van der Waals surface area contributed by atoms with Gasteiger partial charge in [-0.05, 0) is 12.8 Å². The Hall–Kier alpha value is -0.520. The average Bonchev–Trinajstić information content (AvgIpc) is 2.17. The van der Waals surface area contributed by atoms with Gasteiger partial charge in [0.15, 0.2) is 0 Å². The molecule has 0 bridgehead atoms. The Labute approximate surface area is 87.4 Å². The summed E-state index contributed by atoms with van der Waals surface area (Å²) in [7, 11) is 1.78. The summed E-state index contributed by atoms with van der Waals surface area (Å²) >= 11 is 0. The van der Waals surface area contributed by atoms with Gasteiger partial charge in [-0.1, -0.05) is 26.7 Å². The van der Waals surface area contributed by atoms with Crippen LogP contribution in [0, 0.1) is 17.8 Å². The van der Waals surface area contributed by atoms with Crippen LogP contribution in [0.3, 0.4) is 0 Å². The first-order chi connectivity index (χ1) is 6.56. The van der Waals surface area contributed by atoms with E-state index < -0.39 is 0 Å². The van der Waals surface area contributed by atoms with Crippen LogP contribution in [0.5, 0.6) is 0 Å². The van der Waals surface area contributed by atoms with E-state index >= 15 is 0 Å². The Kier molecular flexibility index (Phi) is 3.58. The Bertz CT molecular complexity index is 229. The third kappa shape index (κ3) is 1.94. The van der Waals surface area contributed by atoms with Crippen molar-refractivity contribution < 1.29 is 4.74 Å². The van der Waals surface area contributed by atoms with E-state index in [0.717, 1.165) is 12.8 Å². The SMILES string of the molecule is C#CC(CC)NC1CC(OC)C1(C)C. The van der Waals surface area contributed by atoms with E-state index in [1.54, 1.807) is 7.11 Å². The first-order valence-electron chi connectivity index (χ1n) is 5.31. The van der Waals surface area contributed by atoms with Crippen molar-refractivity contribution in [3.63, 3.8) is 0 Å². The Morgan fingerprint density at radius 1 is 1.64 bits per heavy atom. The number of methoxy groups -OCH3 is 1. The molecule has 2 heteroatoms. The summed E-state index contributed by atoms with van der Waals surface area (Å²) in [4.78, 5) is 0. The average molecular weight is 195 g/mol. The number of rotatable bonds is 4. The number of hydrogen-bond acceptors (Lipinski definition) is 2. The number of nitrogens with one attached hydrogen (secondary N) is 1. The Morgan fingerprint density at radius 2 is 2.29 bits per heavy atom. The summed E-state index contributed by atoms with van der Waals surface area (Å²) in [5, 5.41) is 3.49. The smallest absolute Gasteiger partial charge is 0.0686 e. The van der Waals surface area contributed by atoms with Crippen molar-refractivity contribution >= 4 is 0 Å². The summed E-state index contributed by atoms with van der Waals surface area (Å²) in [6, 6.07) is 0.700. The first-order valence-corrected chi connectivity index (χ1v) is 5.31. The lowest BCUT2D eigenvalue weighted by molar-refractivity contribution is -0.0988. The standard InChI is InChI=1S/C12H21NO/c1-6-9(7-2)13-10-8-11(14-5)12(10,3)4/h1,9-11,13H,7-8H2,2-5H3. The third-order valence-corrected chi connectivity index (χ3v) is 3.47. The van der Waals surface area contributed by atoms with Gasteiger partial charge >= 0.3 is 0 Å². The van der Waals surface area contributed by atoms with Crippen LogP contribution in [0.4, 0.5) is 0 Å². The van der Waals surface area contributed by atoms with Crippen LogP contribution in [-0.4, -0.2) is 25.3 Å². The van der Waals surface area contributed by atoms with E-state index in [0.29, 0.717) is 12.1 Å². The summed E-state index contributed by atoms with van der Waals surface area (Å²) in [6.45, 7) is 6.56. The minimum atomic E-state index is 0.206. The maximum absolute atomic E-state index is 5.42. The van der Waals surface area contributed by atoms with Gasteiger partial charge in [-0.3, -0.25) is 0 Å². The zero-order chi connectivity index (χ0) is 10.8. The molecule has 3 atom stereocenters. The van der Waals surface area contributed by atoms with Crippen molar-refractivity contribution in [2.75, 3.05) is 7.11 Å². The van der Waals surface area contributed by atoms with Gasteiger partial charge in [-0.15, -0.1) is 6.42 Å². The van der Waals surface area contributed by atoms with Gasteiger partial charge < -0.3 is 10.1 Å². The molecule has 0 aromatic rings. The van der Waals surface area contributed by atoms with Crippen LogP contribution >= 0.6 is 0 Å². The van der Waals surface area contributed by atoms with Gasteiger partial charge in [0, 0.05) is 18.6 Å². The normalized spacial score (nSPS) is 31.6. The van der Waals surface area contributed by atoms with Crippen LogP contribution in [-0.2, 0) is 4.74 Å². The molecule has 0 aromatic carbocycles. The zero-order valence-electron chi connectivity index (χ0n) is 9.63. The van der Waals surface area contributed by atoms with Crippen LogP contribution in [0.15, 0.2) is 0 Å². The molecule has 1 saturated carbocycles. The fourth-order valence-corrected chi connectivity index (χ4v) is 2.09. The molecule has 1 fully saturated rings. The second-order valence-electron chi connectivity index (χ2n) is 4.63. The fraction of sp³-hybridized carbons (Fsp3) is 0.833. The molecule has 1 rings (SSSR count). The van der Waals surface area contributed by atoms with Crippen molar-refractivity contribution in [1.82, 2.24) is 5.32 Å². The molecule has 3 unspecified atom stereocenters. The van der Waals surface area contributed by atoms with Gasteiger partial charge in [0.2, 0.25) is 0 Å². The van der Waals surface area contributed by atoms with Crippen molar-refractivity contribution in [2.24, 2.45) is 5.41 Å². The lowest BCUT2D eigenvalue weighted by atomic mass is 9.64. The van der Waals surface area contributed by atoms with Crippen LogP contribution in [0.2, 0.25) is 0 Å². The highest BCUT2D eigenvalue weighted by molar-refractivity contribution is 5.07. The quantitative estimate of drug-likeness (QED) is 0.691. The van der Waals surface area contributed by atoms with E-state index in [-0.39, 0.29) is 11.5 Å². The Balaban J connectivity index is 2.47. The molecule has 0 saturated heterocycles. The fourth-order valence-electron chi connectivity index (χ4n) is 2.09. The van der Waals surface area contributed by atoms with Gasteiger partial charge in [0.25, 0.3) is 0 Å². The molecular formula is C12H21NO. The van der Waals surface area contributed by atoms with Crippen molar-refractivity contribution in [1.29, 1.82) is 0 Å². The number of hydrogen-bond donors (Lipinski definition) is 1. The minimum absolute atomic E-state index is 0.206. The van der Waals surface area contributed by atoms with Gasteiger partial charge in [0.05, 0.1) is 12.1 Å². The van der Waals surface area contributed by atoms with E-state index in [9.17, 15) is 0 Å². The lowest BCUT2D eigenvalue weighted by Crippen LogP contribution is -2.62. The number of terminal acetylenes is 1. The van der Waals surface area contributed by atoms with E-state index in [1.165, 1.54) is 0 Å². The molecular weight excluding hydrogens is 174 g/mol. The maximum Gasteiger partial charge on any atom is 0.0686 e. The molecule has 0 aliphatic heterocycles. The highest BCUT2D eigenvalue weighted by Gasteiger charge is 2.48. The molecule has 0 radical (unpaired) electrons. The Morgan fingerprint density at radius 3 is 2.64 bits per heavy atom. The van der Waals surface area contributed by atoms with Gasteiger partial charge in [-0.2, -0.15) is 0 Å².